The van der Waals surface area contributed by atoms with Crippen molar-refractivity contribution in [1.29, 1.82) is 0 Å². The smallest absolute Gasteiger partial charge is 0.220 e. The Kier molecular flexibility index (Phi) is 1.77. The van der Waals surface area contributed by atoms with Crippen molar-refractivity contribution in [3.63, 3.8) is 0 Å². The average molecular weight is 198 g/mol. The van der Waals surface area contributed by atoms with Crippen LogP contribution in [0.25, 0.3) is 10.9 Å². The van der Waals surface area contributed by atoms with Gasteiger partial charge < -0.3 is 5.73 Å². The molecule has 5 heteroatoms. The first-order chi connectivity index (χ1) is 6.16. The van der Waals surface area contributed by atoms with Gasteiger partial charge in [-0.05, 0) is 6.07 Å². The zero-order valence-corrected chi connectivity index (χ0v) is 7.22. The predicted molar refractivity (Wildman–Crippen MR) is 48.9 cm³/mol. The Balaban J connectivity index is 2.81. The van der Waals surface area contributed by atoms with Gasteiger partial charge in [0.25, 0.3) is 0 Å². The molecule has 0 bridgehead atoms. The topological polar surface area (TPSA) is 51.8 Å². The van der Waals surface area contributed by atoms with Crippen LogP contribution in [0.1, 0.15) is 0 Å². The predicted octanol–water partition coefficient (Wildman–Crippen LogP) is 2.00. The van der Waals surface area contributed by atoms with E-state index < -0.39 is 5.82 Å². The number of fused-ring (bicyclic) bond motifs is 1. The van der Waals surface area contributed by atoms with E-state index >= 15 is 0 Å². The molecule has 1 heterocycles. The number of anilines is 1. The highest BCUT2D eigenvalue weighted by atomic mass is 35.5. The van der Waals surface area contributed by atoms with Crippen LogP contribution >= 0.6 is 11.6 Å². The molecule has 0 atom stereocenters. The van der Waals surface area contributed by atoms with E-state index in [0.29, 0.717) is 10.9 Å². The molecule has 1 aromatic carbocycles. The molecule has 0 saturated carbocycles. The fourth-order valence-electron chi connectivity index (χ4n) is 1.04. The van der Waals surface area contributed by atoms with Crippen molar-refractivity contribution in [3.05, 3.63) is 29.2 Å². The molecule has 2 rings (SSSR count). The summed E-state index contributed by atoms with van der Waals surface area (Å²) in [5.41, 5.74) is 5.79. The Bertz CT molecular complexity index is 472. The molecule has 3 nitrogen and oxygen atoms in total. The normalized spacial score (nSPS) is 10.6. The number of aromatic nitrogens is 2. The van der Waals surface area contributed by atoms with Gasteiger partial charge in [0.2, 0.25) is 5.95 Å². The Morgan fingerprint density at radius 2 is 2.15 bits per heavy atom. The number of rotatable bonds is 0. The summed E-state index contributed by atoms with van der Waals surface area (Å²) in [4.78, 5) is 7.61. The maximum atomic E-state index is 12.9. The van der Waals surface area contributed by atoms with Crippen molar-refractivity contribution in [1.82, 2.24) is 9.97 Å². The van der Waals surface area contributed by atoms with Gasteiger partial charge in [-0.2, -0.15) is 0 Å². The molecule has 0 aliphatic carbocycles. The highest BCUT2D eigenvalue weighted by Crippen LogP contribution is 2.21. The van der Waals surface area contributed by atoms with E-state index in [4.69, 9.17) is 17.3 Å². The summed E-state index contributed by atoms with van der Waals surface area (Å²) in [6.45, 7) is 0. The molecule has 13 heavy (non-hydrogen) atoms. The number of hydrogen-bond donors (Lipinski definition) is 1. The fraction of sp³-hybridized carbons (Fsp3) is 0. The van der Waals surface area contributed by atoms with Crippen LogP contribution in [-0.4, -0.2) is 9.97 Å². The van der Waals surface area contributed by atoms with E-state index in [1.165, 1.54) is 18.3 Å². The third-order valence-corrected chi connectivity index (χ3v) is 1.93. The highest BCUT2D eigenvalue weighted by molar-refractivity contribution is 6.31. The van der Waals surface area contributed by atoms with Crippen LogP contribution < -0.4 is 5.73 Å². The van der Waals surface area contributed by atoms with E-state index in [9.17, 15) is 4.39 Å². The maximum absolute atomic E-state index is 12.9. The Hall–Kier alpha value is -1.42. The minimum Gasteiger partial charge on any atom is -0.368 e. The largest absolute Gasteiger partial charge is 0.368 e. The third kappa shape index (κ3) is 1.40. The molecule has 0 radical (unpaired) electrons. The first-order valence-corrected chi connectivity index (χ1v) is 3.92. The average Bonchev–Trinajstić information content (AvgIpc) is 2.08. The number of halogens is 2. The molecule has 2 N–H and O–H groups in total. The van der Waals surface area contributed by atoms with Crippen LogP contribution in [0.5, 0.6) is 0 Å². The Labute approximate surface area is 78.4 Å². The van der Waals surface area contributed by atoms with E-state index in [1.807, 2.05) is 0 Å². The number of nitrogens with two attached hydrogens (primary N) is 1. The first-order valence-electron chi connectivity index (χ1n) is 3.54. The van der Waals surface area contributed by atoms with Gasteiger partial charge in [-0.15, -0.1) is 0 Å². The van der Waals surface area contributed by atoms with Gasteiger partial charge in [-0.3, -0.25) is 0 Å². The van der Waals surface area contributed by atoms with Crippen molar-refractivity contribution < 1.29 is 4.39 Å². The summed E-state index contributed by atoms with van der Waals surface area (Å²) in [6.07, 6.45) is 1.50. The molecule has 2 aromatic rings. The second-order valence-electron chi connectivity index (χ2n) is 2.55. The molecule has 0 saturated heterocycles. The molecule has 66 valence electrons. The number of benzene rings is 1. The van der Waals surface area contributed by atoms with E-state index in [2.05, 4.69) is 9.97 Å². The van der Waals surface area contributed by atoms with Gasteiger partial charge in [0.15, 0.2) is 0 Å². The quantitative estimate of drug-likeness (QED) is 0.703. The molecule has 0 amide bonds. The molecule has 0 aliphatic heterocycles. The lowest BCUT2D eigenvalue weighted by atomic mass is 10.2. The minimum atomic E-state index is -0.507. The van der Waals surface area contributed by atoms with E-state index in [-0.39, 0.29) is 11.0 Å². The zero-order chi connectivity index (χ0) is 9.42. The van der Waals surface area contributed by atoms with Gasteiger partial charge in [0, 0.05) is 17.6 Å². The summed E-state index contributed by atoms with van der Waals surface area (Å²) >= 11 is 5.57. The monoisotopic (exact) mass is 197 g/mol. The summed E-state index contributed by atoms with van der Waals surface area (Å²) in [5.74, 6) is -0.388. The van der Waals surface area contributed by atoms with E-state index in [0.717, 1.165) is 0 Å². The molecule has 0 aliphatic rings. The standard InChI is InChI=1S/C8H5ClFN3/c9-5-1-4-3-12-8(11)13-7(4)2-6(5)10/h1-3H,(H2,11,12,13). The van der Waals surface area contributed by atoms with Crippen molar-refractivity contribution >= 4 is 28.5 Å². The van der Waals surface area contributed by atoms with Gasteiger partial charge >= 0.3 is 0 Å². The number of nitrogen functional groups attached to an aromatic ring is 1. The van der Waals surface area contributed by atoms with Gasteiger partial charge in [-0.25, -0.2) is 14.4 Å². The van der Waals surface area contributed by atoms with Crippen LogP contribution in [0.15, 0.2) is 18.3 Å². The lowest BCUT2D eigenvalue weighted by molar-refractivity contribution is 0.630. The van der Waals surface area contributed by atoms with Crippen molar-refractivity contribution in [2.75, 3.05) is 5.73 Å². The summed E-state index contributed by atoms with van der Waals surface area (Å²) in [6, 6.07) is 2.70. The first kappa shape index (κ1) is 8.19. The van der Waals surface area contributed by atoms with Gasteiger partial charge in [0.05, 0.1) is 10.5 Å². The third-order valence-electron chi connectivity index (χ3n) is 1.64. The Morgan fingerprint density at radius 3 is 2.92 bits per heavy atom. The molecular formula is C8H5ClFN3. The van der Waals surface area contributed by atoms with Crippen LogP contribution in [0.2, 0.25) is 5.02 Å². The van der Waals surface area contributed by atoms with E-state index in [1.54, 1.807) is 0 Å². The van der Waals surface area contributed by atoms with Crippen molar-refractivity contribution in [3.8, 4) is 0 Å². The zero-order valence-electron chi connectivity index (χ0n) is 6.46. The second-order valence-corrected chi connectivity index (χ2v) is 2.96. The van der Waals surface area contributed by atoms with Crippen molar-refractivity contribution in [2.24, 2.45) is 0 Å². The summed E-state index contributed by atoms with van der Waals surface area (Å²) in [5, 5.41) is 0.724. The molecule has 0 fully saturated rings. The highest BCUT2D eigenvalue weighted by Gasteiger charge is 2.03. The SMILES string of the molecule is Nc1ncc2cc(Cl)c(F)cc2n1. The molecule has 1 aromatic heterocycles. The fourth-order valence-corrected chi connectivity index (χ4v) is 1.21. The van der Waals surface area contributed by atoms with Crippen LogP contribution in [0, 0.1) is 5.82 Å². The van der Waals surface area contributed by atoms with Gasteiger partial charge in [-0.1, -0.05) is 11.6 Å². The van der Waals surface area contributed by atoms with Crippen LogP contribution in [-0.2, 0) is 0 Å². The molecule has 0 spiro atoms. The minimum absolute atomic E-state index is 0.0564. The lowest BCUT2D eigenvalue weighted by Gasteiger charge is -1.99. The second kappa shape index (κ2) is 2.81. The van der Waals surface area contributed by atoms with Crippen LogP contribution in [0.3, 0.4) is 0 Å². The summed E-state index contributed by atoms with van der Waals surface area (Å²) < 4.78 is 12.9. The van der Waals surface area contributed by atoms with Crippen LogP contribution in [0.4, 0.5) is 10.3 Å². The maximum Gasteiger partial charge on any atom is 0.220 e. The van der Waals surface area contributed by atoms with Crippen molar-refractivity contribution in [2.45, 2.75) is 0 Å². The van der Waals surface area contributed by atoms with Gasteiger partial charge in [0.1, 0.15) is 5.82 Å². The Morgan fingerprint density at radius 1 is 1.38 bits per heavy atom. The summed E-state index contributed by atoms with van der Waals surface area (Å²) in [7, 11) is 0. The number of hydrogen-bond acceptors (Lipinski definition) is 3. The lowest BCUT2D eigenvalue weighted by Crippen LogP contribution is -1.94. The number of nitrogens with zero attached hydrogens (tertiary/aromatic N) is 2. The molecule has 0 unspecified atom stereocenters. The molecular weight excluding hydrogens is 193 g/mol.